The maximum Gasteiger partial charge on any atom is 0.258 e. The van der Waals surface area contributed by atoms with E-state index in [4.69, 9.17) is 11.6 Å². The molecule has 0 bridgehead atoms. The summed E-state index contributed by atoms with van der Waals surface area (Å²) in [7, 11) is 0. The van der Waals surface area contributed by atoms with E-state index in [0.29, 0.717) is 16.7 Å². The quantitative estimate of drug-likeness (QED) is 0.737. The fourth-order valence-electron chi connectivity index (χ4n) is 2.34. The second kappa shape index (κ2) is 4.76. The summed E-state index contributed by atoms with van der Waals surface area (Å²) in [5.74, 6) is 0.620. The Morgan fingerprint density at radius 3 is 2.75 bits per heavy atom. The Balaban J connectivity index is 2.28. The van der Waals surface area contributed by atoms with Crippen molar-refractivity contribution < 1.29 is 0 Å². The third-order valence-electron chi connectivity index (χ3n) is 3.40. The van der Waals surface area contributed by atoms with Crippen LogP contribution in [0.4, 0.5) is 0 Å². The molecule has 2 aromatic carbocycles. The molecule has 0 saturated heterocycles. The van der Waals surface area contributed by atoms with E-state index in [1.165, 1.54) is 0 Å². The number of nitrogens with zero attached hydrogens (tertiary/aromatic N) is 1. The molecular weight excluding hydrogens is 272 g/mol. The zero-order valence-corrected chi connectivity index (χ0v) is 12.0. The smallest absolute Gasteiger partial charge is 0.258 e. The van der Waals surface area contributed by atoms with Gasteiger partial charge in [-0.15, -0.1) is 0 Å². The minimum Gasteiger partial charge on any atom is -0.310 e. The molecule has 0 unspecified atom stereocenters. The third kappa shape index (κ3) is 2.10. The van der Waals surface area contributed by atoms with E-state index < -0.39 is 0 Å². The fourth-order valence-corrected chi connectivity index (χ4v) is 2.52. The topological polar surface area (TPSA) is 45.8 Å². The molecule has 100 valence electrons. The van der Waals surface area contributed by atoms with Crippen molar-refractivity contribution in [2.24, 2.45) is 0 Å². The highest BCUT2D eigenvalue weighted by molar-refractivity contribution is 6.31. The first-order valence-corrected chi connectivity index (χ1v) is 6.70. The van der Waals surface area contributed by atoms with E-state index in [9.17, 15) is 4.79 Å². The molecular formula is C16H13ClN2O. The van der Waals surface area contributed by atoms with Gasteiger partial charge in [-0.3, -0.25) is 4.79 Å². The number of aromatic nitrogens is 2. The van der Waals surface area contributed by atoms with Crippen molar-refractivity contribution in [2.75, 3.05) is 0 Å². The summed E-state index contributed by atoms with van der Waals surface area (Å²) in [6.45, 7) is 3.75. The number of aryl methyl sites for hydroxylation is 1. The predicted molar refractivity (Wildman–Crippen MR) is 82.3 cm³/mol. The van der Waals surface area contributed by atoms with Crippen molar-refractivity contribution in [1.29, 1.82) is 0 Å². The maximum atomic E-state index is 12.0. The number of hydrogen-bond donors (Lipinski definition) is 1. The molecule has 0 radical (unpaired) electrons. The molecule has 1 heterocycles. The molecule has 1 aromatic heterocycles. The molecule has 3 rings (SSSR count). The van der Waals surface area contributed by atoms with Crippen LogP contribution in [0.25, 0.3) is 22.0 Å². The van der Waals surface area contributed by atoms with Crippen LogP contribution in [0.3, 0.4) is 0 Å². The van der Waals surface area contributed by atoms with Crippen LogP contribution in [-0.4, -0.2) is 9.97 Å². The number of nitrogens with one attached hydrogen (secondary N) is 1. The summed E-state index contributed by atoms with van der Waals surface area (Å²) in [6, 6.07) is 11.5. The summed E-state index contributed by atoms with van der Waals surface area (Å²) in [5.41, 5.74) is 3.58. The molecule has 3 nitrogen and oxygen atoms in total. The van der Waals surface area contributed by atoms with E-state index in [-0.39, 0.29) is 5.56 Å². The van der Waals surface area contributed by atoms with Gasteiger partial charge in [-0.2, -0.15) is 0 Å². The summed E-state index contributed by atoms with van der Waals surface area (Å²) < 4.78 is 0. The third-order valence-corrected chi connectivity index (χ3v) is 3.81. The second-order valence-corrected chi connectivity index (χ2v) is 5.20. The zero-order valence-electron chi connectivity index (χ0n) is 11.2. The Kier molecular flexibility index (Phi) is 3.07. The number of hydrogen-bond acceptors (Lipinski definition) is 2. The summed E-state index contributed by atoms with van der Waals surface area (Å²) >= 11 is 6.15. The molecule has 20 heavy (non-hydrogen) atoms. The Labute approximate surface area is 121 Å². The predicted octanol–water partition coefficient (Wildman–Crippen LogP) is 3.86. The minimum absolute atomic E-state index is 0.117. The van der Waals surface area contributed by atoms with Gasteiger partial charge in [0.25, 0.3) is 5.56 Å². The van der Waals surface area contributed by atoms with Crippen LogP contribution in [-0.2, 0) is 0 Å². The molecule has 0 fully saturated rings. The van der Waals surface area contributed by atoms with Gasteiger partial charge < -0.3 is 4.98 Å². The highest BCUT2D eigenvalue weighted by atomic mass is 35.5. The molecule has 0 aliphatic carbocycles. The molecule has 3 aromatic rings. The number of benzene rings is 2. The Morgan fingerprint density at radius 2 is 1.95 bits per heavy atom. The van der Waals surface area contributed by atoms with E-state index in [1.54, 1.807) is 6.92 Å². The number of fused-ring (bicyclic) bond motifs is 1. The lowest BCUT2D eigenvalue weighted by Crippen LogP contribution is -2.09. The SMILES string of the molecule is Cc1nc2ccc(-c3cccc(Cl)c3C)cc2c(=O)[nH]1. The second-order valence-electron chi connectivity index (χ2n) is 4.80. The summed E-state index contributed by atoms with van der Waals surface area (Å²) in [6.07, 6.45) is 0. The fraction of sp³-hybridized carbons (Fsp3) is 0.125. The van der Waals surface area contributed by atoms with Crippen molar-refractivity contribution in [3.8, 4) is 11.1 Å². The molecule has 4 heteroatoms. The Morgan fingerprint density at radius 1 is 1.15 bits per heavy atom. The Bertz CT molecular complexity index is 868. The van der Waals surface area contributed by atoms with E-state index >= 15 is 0 Å². The minimum atomic E-state index is -0.117. The summed E-state index contributed by atoms with van der Waals surface area (Å²) in [4.78, 5) is 19.1. The van der Waals surface area contributed by atoms with E-state index in [0.717, 1.165) is 21.7 Å². The van der Waals surface area contributed by atoms with Crippen molar-refractivity contribution in [1.82, 2.24) is 9.97 Å². The van der Waals surface area contributed by atoms with Crippen LogP contribution < -0.4 is 5.56 Å². The maximum absolute atomic E-state index is 12.0. The lowest BCUT2D eigenvalue weighted by Gasteiger charge is -2.08. The van der Waals surface area contributed by atoms with Gasteiger partial charge in [-0.05, 0) is 48.7 Å². The van der Waals surface area contributed by atoms with Gasteiger partial charge in [-0.1, -0.05) is 29.8 Å². The van der Waals surface area contributed by atoms with Gasteiger partial charge in [-0.25, -0.2) is 4.98 Å². The average Bonchev–Trinajstić information content (AvgIpc) is 2.41. The molecule has 1 N–H and O–H groups in total. The summed E-state index contributed by atoms with van der Waals surface area (Å²) in [5, 5.41) is 1.31. The van der Waals surface area contributed by atoms with Crippen LogP contribution in [0.2, 0.25) is 5.02 Å². The zero-order chi connectivity index (χ0) is 14.3. The van der Waals surface area contributed by atoms with E-state index in [2.05, 4.69) is 9.97 Å². The first-order chi connectivity index (χ1) is 9.56. The van der Waals surface area contributed by atoms with Crippen LogP contribution in [0.1, 0.15) is 11.4 Å². The highest BCUT2D eigenvalue weighted by Crippen LogP contribution is 2.29. The lowest BCUT2D eigenvalue weighted by atomic mass is 9.99. The average molecular weight is 285 g/mol. The van der Waals surface area contributed by atoms with Crippen molar-refractivity contribution in [3.63, 3.8) is 0 Å². The van der Waals surface area contributed by atoms with Crippen LogP contribution >= 0.6 is 11.6 Å². The van der Waals surface area contributed by atoms with E-state index in [1.807, 2.05) is 43.3 Å². The van der Waals surface area contributed by atoms with Gasteiger partial charge >= 0.3 is 0 Å². The normalized spacial score (nSPS) is 10.9. The Hall–Kier alpha value is -2.13. The van der Waals surface area contributed by atoms with Gasteiger partial charge in [0, 0.05) is 5.02 Å². The van der Waals surface area contributed by atoms with Gasteiger partial charge in [0.2, 0.25) is 0 Å². The monoisotopic (exact) mass is 284 g/mol. The number of rotatable bonds is 1. The lowest BCUT2D eigenvalue weighted by molar-refractivity contribution is 1.06. The standard InChI is InChI=1S/C16H13ClN2O/c1-9-12(4-3-5-14(9)17)11-6-7-15-13(8-11)16(20)19-10(2)18-15/h3-8H,1-2H3,(H,18,19,20). The molecule has 0 saturated carbocycles. The van der Waals surface area contributed by atoms with Crippen LogP contribution in [0.5, 0.6) is 0 Å². The molecule has 0 aliphatic heterocycles. The van der Waals surface area contributed by atoms with Gasteiger partial charge in [0.05, 0.1) is 10.9 Å². The van der Waals surface area contributed by atoms with Gasteiger partial charge in [0.15, 0.2) is 0 Å². The highest BCUT2D eigenvalue weighted by Gasteiger charge is 2.08. The molecule has 0 spiro atoms. The van der Waals surface area contributed by atoms with Crippen LogP contribution in [0, 0.1) is 13.8 Å². The first-order valence-electron chi connectivity index (χ1n) is 6.32. The first kappa shape index (κ1) is 12.9. The van der Waals surface area contributed by atoms with Gasteiger partial charge in [0.1, 0.15) is 5.82 Å². The molecule has 0 atom stereocenters. The largest absolute Gasteiger partial charge is 0.310 e. The van der Waals surface area contributed by atoms with Crippen molar-refractivity contribution in [3.05, 3.63) is 63.2 Å². The van der Waals surface area contributed by atoms with Crippen molar-refractivity contribution in [2.45, 2.75) is 13.8 Å². The number of H-pyrrole nitrogens is 1. The number of halogens is 1. The number of aromatic amines is 1. The molecule has 0 amide bonds. The van der Waals surface area contributed by atoms with Crippen molar-refractivity contribution >= 4 is 22.5 Å². The molecule has 0 aliphatic rings. The van der Waals surface area contributed by atoms with Crippen LogP contribution in [0.15, 0.2) is 41.2 Å².